The number of methoxy groups -OCH3 is 2. The maximum atomic E-state index is 13.2. The minimum absolute atomic E-state index is 0.114. The van der Waals surface area contributed by atoms with Crippen LogP contribution in [-0.4, -0.2) is 44.0 Å². The summed E-state index contributed by atoms with van der Waals surface area (Å²) in [5.74, 6) is 0.558. The van der Waals surface area contributed by atoms with Crippen molar-refractivity contribution in [3.8, 4) is 11.5 Å². The number of aryl methyl sites for hydroxylation is 1. The Morgan fingerprint density at radius 1 is 1.03 bits per heavy atom. The van der Waals surface area contributed by atoms with E-state index in [1.165, 1.54) is 25.6 Å². The Hall–Kier alpha value is -3.06. The van der Waals surface area contributed by atoms with Crippen molar-refractivity contribution in [1.29, 1.82) is 0 Å². The molecule has 0 bridgehead atoms. The smallest absolute Gasteiger partial charge is 0.266 e. The minimum Gasteiger partial charge on any atom is -0.493 e. The lowest BCUT2D eigenvalue weighted by atomic mass is 10.1. The lowest BCUT2D eigenvalue weighted by Crippen LogP contribution is -2.29. The van der Waals surface area contributed by atoms with Crippen molar-refractivity contribution in [3.63, 3.8) is 0 Å². The van der Waals surface area contributed by atoms with E-state index in [9.17, 15) is 9.59 Å². The van der Waals surface area contributed by atoms with E-state index >= 15 is 0 Å². The molecule has 4 rings (SSSR count). The molecule has 1 aromatic heterocycles. The van der Waals surface area contributed by atoms with E-state index in [2.05, 4.69) is 5.32 Å². The molecule has 0 unspecified atom stereocenters. The Morgan fingerprint density at radius 2 is 1.70 bits per heavy atom. The molecule has 30 heavy (non-hydrogen) atoms. The van der Waals surface area contributed by atoms with Crippen LogP contribution in [0, 0.1) is 6.92 Å². The van der Waals surface area contributed by atoms with Crippen molar-refractivity contribution in [1.82, 2.24) is 4.90 Å². The molecule has 3 aromatic rings. The summed E-state index contributed by atoms with van der Waals surface area (Å²) in [6, 6.07) is 11.2. The van der Waals surface area contributed by atoms with Gasteiger partial charge in [-0.3, -0.25) is 9.59 Å². The lowest BCUT2D eigenvalue weighted by molar-refractivity contribution is 0.0793. The van der Waals surface area contributed by atoms with Gasteiger partial charge in [0.25, 0.3) is 11.8 Å². The van der Waals surface area contributed by atoms with Gasteiger partial charge in [0.1, 0.15) is 0 Å². The van der Waals surface area contributed by atoms with Gasteiger partial charge in [-0.05, 0) is 42.8 Å². The molecular formula is C23H24N2O4S. The normalized spacial score (nSPS) is 13.5. The van der Waals surface area contributed by atoms with Crippen LogP contribution in [0.3, 0.4) is 0 Å². The van der Waals surface area contributed by atoms with Crippen molar-refractivity contribution >= 4 is 38.9 Å². The molecule has 0 radical (unpaired) electrons. The van der Waals surface area contributed by atoms with Gasteiger partial charge in [0.05, 0.1) is 30.3 Å². The van der Waals surface area contributed by atoms with Gasteiger partial charge in [-0.2, -0.15) is 0 Å². The second kappa shape index (κ2) is 8.36. The Morgan fingerprint density at radius 3 is 2.37 bits per heavy atom. The molecule has 1 aliphatic heterocycles. The average Bonchev–Trinajstić information content (AvgIpc) is 3.41. The number of amides is 2. The highest BCUT2D eigenvalue weighted by atomic mass is 32.1. The van der Waals surface area contributed by atoms with E-state index in [4.69, 9.17) is 9.47 Å². The van der Waals surface area contributed by atoms with E-state index in [-0.39, 0.29) is 11.8 Å². The zero-order valence-electron chi connectivity index (χ0n) is 17.3. The van der Waals surface area contributed by atoms with Gasteiger partial charge in [0.15, 0.2) is 11.5 Å². The van der Waals surface area contributed by atoms with E-state index in [0.29, 0.717) is 27.6 Å². The fourth-order valence-electron chi connectivity index (χ4n) is 3.82. The number of hydrogen-bond acceptors (Lipinski definition) is 5. The number of anilines is 1. The molecule has 0 atom stereocenters. The highest BCUT2D eigenvalue weighted by Gasteiger charge is 2.26. The zero-order valence-corrected chi connectivity index (χ0v) is 18.1. The SMILES string of the molecule is COc1cc(NC(=O)c2sc3ccccc3c2C)c(C(=O)N2CCCC2)cc1OC. The second-order valence-electron chi connectivity index (χ2n) is 7.26. The number of ether oxygens (including phenoxy) is 2. The lowest BCUT2D eigenvalue weighted by Gasteiger charge is -2.20. The summed E-state index contributed by atoms with van der Waals surface area (Å²) in [5.41, 5.74) is 1.76. The molecule has 2 heterocycles. The Labute approximate surface area is 179 Å². The fourth-order valence-corrected chi connectivity index (χ4v) is 4.92. The number of carbonyl (C=O) groups is 2. The number of thiophene rings is 1. The Bertz CT molecular complexity index is 1120. The first kappa shape index (κ1) is 20.2. The summed E-state index contributed by atoms with van der Waals surface area (Å²) < 4.78 is 11.8. The van der Waals surface area contributed by atoms with E-state index in [1.807, 2.05) is 36.1 Å². The van der Waals surface area contributed by atoms with Crippen LogP contribution < -0.4 is 14.8 Å². The largest absolute Gasteiger partial charge is 0.493 e. The van der Waals surface area contributed by atoms with Crippen LogP contribution in [0.25, 0.3) is 10.1 Å². The molecular weight excluding hydrogens is 400 g/mol. The third-order valence-corrected chi connectivity index (χ3v) is 6.72. The highest BCUT2D eigenvalue weighted by molar-refractivity contribution is 7.21. The van der Waals surface area contributed by atoms with E-state index in [1.54, 1.807) is 12.1 Å². The molecule has 7 heteroatoms. The summed E-state index contributed by atoms with van der Waals surface area (Å²) in [7, 11) is 3.06. The first-order valence-corrected chi connectivity index (χ1v) is 10.7. The summed E-state index contributed by atoms with van der Waals surface area (Å²) >= 11 is 1.45. The highest BCUT2D eigenvalue weighted by Crippen LogP contribution is 2.36. The predicted molar refractivity (Wildman–Crippen MR) is 119 cm³/mol. The van der Waals surface area contributed by atoms with E-state index < -0.39 is 0 Å². The number of nitrogens with zero attached hydrogens (tertiary/aromatic N) is 1. The van der Waals surface area contributed by atoms with Crippen LogP contribution in [0.1, 0.15) is 38.4 Å². The van der Waals surface area contributed by atoms with Crippen LogP contribution in [0.4, 0.5) is 5.69 Å². The van der Waals surface area contributed by atoms with Gasteiger partial charge >= 0.3 is 0 Å². The summed E-state index contributed by atoms with van der Waals surface area (Å²) in [5, 5.41) is 4.01. The van der Waals surface area contributed by atoms with Gasteiger partial charge in [-0.1, -0.05) is 18.2 Å². The number of rotatable bonds is 5. The molecule has 0 spiro atoms. The molecule has 2 aromatic carbocycles. The van der Waals surface area contributed by atoms with Gasteiger partial charge in [-0.25, -0.2) is 0 Å². The third-order valence-electron chi connectivity index (χ3n) is 5.45. The Balaban J connectivity index is 1.73. The number of likely N-dealkylation sites (tertiary alicyclic amines) is 1. The number of benzene rings is 2. The van der Waals surface area contributed by atoms with Gasteiger partial charge in [-0.15, -0.1) is 11.3 Å². The summed E-state index contributed by atoms with van der Waals surface area (Å²) in [6.45, 7) is 3.38. The molecule has 1 N–H and O–H groups in total. The summed E-state index contributed by atoms with van der Waals surface area (Å²) in [4.78, 5) is 28.7. The quantitative estimate of drug-likeness (QED) is 0.644. The number of nitrogens with one attached hydrogen (secondary N) is 1. The molecule has 156 valence electrons. The monoisotopic (exact) mass is 424 g/mol. The molecule has 0 aliphatic carbocycles. The third kappa shape index (κ3) is 3.61. The molecule has 0 saturated carbocycles. The van der Waals surface area contributed by atoms with Crippen LogP contribution in [-0.2, 0) is 0 Å². The Kier molecular flexibility index (Phi) is 5.63. The fraction of sp³-hybridized carbons (Fsp3) is 0.304. The van der Waals surface area contributed by atoms with E-state index in [0.717, 1.165) is 41.6 Å². The molecule has 1 fully saturated rings. The van der Waals surface area contributed by atoms with Crippen LogP contribution in [0.5, 0.6) is 11.5 Å². The first-order chi connectivity index (χ1) is 14.5. The molecule has 1 aliphatic rings. The van der Waals surface area contributed by atoms with Crippen molar-refractivity contribution in [2.24, 2.45) is 0 Å². The summed E-state index contributed by atoms with van der Waals surface area (Å²) in [6.07, 6.45) is 1.98. The van der Waals surface area contributed by atoms with Crippen LogP contribution in [0.15, 0.2) is 36.4 Å². The van der Waals surface area contributed by atoms with Gasteiger partial charge < -0.3 is 19.7 Å². The van der Waals surface area contributed by atoms with Crippen molar-refractivity contribution in [3.05, 3.63) is 52.4 Å². The maximum Gasteiger partial charge on any atom is 0.266 e. The zero-order chi connectivity index (χ0) is 21.3. The average molecular weight is 425 g/mol. The minimum atomic E-state index is -0.239. The van der Waals surface area contributed by atoms with Crippen LogP contribution >= 0.6 is 11.3 Å². The molecule has 1 saturated heterocycles. The standard InChI is InChI=1S/C23H24N2O4S/c1-14-15-8-4-5-9-20(15)30-21(14)22(26)24-17-13-19(29-3)18(28-2)12-16(17)23(27)25-10-6-7-11-25/h4-5,8-9,12-13H,6-7,10-11H2,1-3H3,(H,24,26). The topological polar surface area (TPSA) is 67.9 Å². The molecule has 2 amide bonds. The van der Waals surface area contributed by atoms with Crippen molar-refractivity contribution in [2.75, 3.05) is 32.6 Å². The van der Waals surface area contributed by atoms with Crippen molar-refractivity contribution in [2.45, 2.75) is 19.8 Å². The number of fused-ring (bicyclic) bond motifs is 1. The first-order valence-electron chi connectivity index (χ1n) is 9.88. The van der Waals surface area contributed by atoms with Crippen LogP contribution in [0.2, 0.25) is 0 Å². The van der Waals surface area contributed by atoms with Gasteiger partial charge in [0, 0.05) is 23.9 Å². The number of hydrogen-bond donors (Lipinski definition) is 1. The second-order valence-corrected chi connectivity index (χ2v) is 8.31. The predicted octanol–water partition coefficient (Wildman–Crippen LogP) is 4.72. The maximum absolute atomic E-state index is 13.2. The molecule has 6 nitrogen and oxygen atoms in total. The van der Waals surface area contributed by atoms with Crippen molar-refractivity contribution < 1.29 is 19.1 Å². The van der Waals surface area contributed by atoms with Gasteiger partial charge in [0.2, 0.25) is 0 Å². The number of carbonyl (C=O) groups excluding carboxylic acids is 2.